The topological polar surface area (TPSA) is 51.5 Å². The third-order valence-corrected chi connectivity index (χ3v) is 4.25. The minimum absolute atomic E-state index is 0.00309. The van der Waals surface area contributed by atoms with Gasteiger partial charge in [-0.1, -0.05) is 11.3 Å². The number of nitrogens with zero attached hydrogens (tertiary/aromatic N) is 1. The largest absolute Gasteiger partial charge is 0.573 e. The third kappa shape index (κ3) is 2.82. The van der Waals surface area contributed by atoms with Crippen molar-refractivity contribution in [3.63, 3.8) is 0 Å². The molecule has 0 saturated heterocycles. The maximum atomic E-state index is 13.9. The molecule has 0 aliphatic carbocycles. The molecule has 0 radical (unpaired) electrons. The molecule has 1 aromatic carbocycles. The first-order valence-electron chi connectivity index (χ1n) is 6.57. The number of hydrogen-bond donors (Lipinski definition) is 1. The molecule has 0 fully saturated rings. The summed E-state index contributed by atoms with van der Waals surface area (Å²) >= 11 is 0.535. The number of alkyl halides is 3. The second-order valence-electron chi connectivity index (χ2n) is 4.92. The van der Waals surface area contributed by atoms with Crippen LogP contribution >= 0.6 is 11.3 Å². The van der Waals surface area contributed by atoms with E-state index in [0.717, 1.165) is 12.1 Å². The second-order valence-corrected chi connectivity index (χ2v) is 5.97. The highest BCUT2D eigenvalue weighted by Crippen LogP contribution is 2.33. The lowest BCUT2D eigenvalue weighted by Gasteiger charge is -2.06. The van der Waals surface area contributed by atoms with Gasteiger partial charge in [0.2, 0.25) is 0 Å². The van der Waals surface area contributed by atoms with Crippen molar-refractivity contribution in [3.05, 3.63) is 46.7 Å². The second kappa shape index (κ2) is 5.52. The molecule has 0 bridgehead atoms. The Balaban J connectivity index is 2.03. The number of ether oxygens (including phenoxy) is 1. The van der Waals surface area contributed by atoms with Gasteiger partial charge in [0.25, 0.3) is 5.91 Å². The van der Waals surface area contributed by atoms with Crippen LogP contribution < -0.4 is 4.74 Å². The molecule has 9 heteroatoms. The van der Waals surface area contributed by atoms with Gasteiger partial charge in [-0.05, 0) is 37.3 Å². The monoisotopic (exact) mass is 359 g/mol. The van der Waals surface area contributed by atoms with Crippen molar-refractivity contribution in [2.24, 2.45) is 0 Å². The van der Waals surface area contributed by atoms with Gasteiger partial charge in [-0.25, -0.2) is 4.39 Å². The fourth-order valence-corrected chi connectivity index (χ4v) is 3.15. The summed E-state index contributed by atoms with van der Waals surface area (Å²) in [5.74, 6) is -2.03. The van der Waals surface area contributed by atoms with Gasteiger partial charge in [-0.3, -0.25) is 9.36 Å². The van der Waals surface area contributed by atoms with E-state index < -0.39 is 28.9 Å². The van der Waals surface area contributed by atoms with Crippen molar-refractivity contribution in [3.8, 4) is 10.8 Å². The van der Waals surface area contributed by atoms with Crippen molar-refractivity contribution in [2.75, 3.05) is 0 Å². The van der Waals surface area contributed by atoms with Crippen molar-refractivity contribution in [1.29, 1.82) is 0 Å². The van der Waals surface area contributed by atoms with Crippen molar-refractivity contribution < 1.29 is 32.2 Å². The maximum Gasteiger partial charge on any atom is 0.573 e. The van der Waals surface area contributed by atoms with E-state index in [4.69, 9.17) is 0 Å². The molecular formula is C15H9F4NO3S. The third-order valence-electron chi connectivity index (χ3n) is 3.29. The van der Waals surface area contributed by atoms with Crippen LogP contribution in [-0.4, -0.2) is 21.9 Å². The van der Waals surface area contributed by atoms with E-state index in [1.165, 1.54) is 22.8 Å². The fourth-order valence-electron chi connectivity index (χ4n) is 2.35. The molecule has 0 atom stereocenters. The van der Waals surface area contributed by atoms with Crippen LogP contribution in [0.5, 0.6) is 10.8 Å². The van der Waals surface area contributed by atoms with Gasteiger partial charge < -0.3 is 9.84 Å². The highest BCUT2D eigenvalue weighted by atomic mass is 32.1. The molecule has 0 aliphatic rings. The molecule has 3 aromatic rings. The molecule has 0 aliphatic heterocycles. The summed E-state index contributed by atoms with van der Waals surface area (Å²) < 4.78 is 55.5. The number of fused-ring (bicyclic) bond motifs is 1. The van der Waals surface area contributed by atoms with Crippen LogP contribution in [0.15, 0.2) is 30.3 Å². The van der Waals surface area contributed by atoms with Gasteiger partial charge in [0.15, 0.2) is 16.6 Å². The molecule has 0 unspecified atom stereocenters. The first-order chi connectivity index (χ1) is 11.2. The number of thiophene rings is 1. The Labute approximate surface area is 136 Å². The van der Waals surface area contributed by atoms with E-state index in [2.05, 4.69) is 4.74 Å². The van der Waals surface area contributed by atoms with Crippen LogP contribution in [0.25, 0.3) is 10.9 Å². The van der Waals surface area contributed by atoms with Gasteiger partial charge in [-0.15, -0.1) is 13.2 Å². The van der Waals surface area contributed by atoms with Crippen LogP contribution in [0, 0.1) is 12.7 Å². The zero-order valence-corrected chi connectivity index (χ0v) is 12.8. The van der Waals surface area contributed by atoms with Crippen molar-refractivity contribution in [1.82, 2.24) is 4.57 Å². The smallest absolute Gasteiger partial charge is 0.505 e. The highest BCUT2D eigenvalue weighted by molar-refractivity contribution is 7.15. The Hall–Kier alpha value is -2.55. The Bertz CT molecular complexity index is 942. The molecule has 0 spiro atoms. The Kier molecular flexibility index (Phi) is 3.75. The maximum absolute atomic E-state index is 13.9. The number of halogens is 4. The summed E-state index contributed by atoms with van der Waals surface area (Å²) in [6, 6.07) is 6.09. The summed E-state index contributed by atoms with van der Waals surface area (Å²) in [6.07, 6.45) is -4.85. The Morgan fingerprint density at radius 3 is 2.62 bits per heavy atom. The molecular weight excluding hydrogens is 350 g/mol. The Morgan fingerprint density at radius 1 is 1.25 bits per heavy atom. The zero-order chi connectivity index (χ0) is 17.6. The van der Waals surface area contributed by atoms with E-state index >= 15 is 0 Å². The number of aromatic nitrogens is 1. The fraction of sp³-hybridized carbons (Fsp3) is 0.133. The van der Waals surface area contributed by atoms with Crippen LogP contribution in [0.1, 0.15) is 15.4 Å². The minimum Gasteiger partial charge on any atom is -0.505 e. The number of carbonyl (C=O) groups is 1. The van der Waals surface area contributed by atoms with Crippen LogP contribution in [0.2, 0.25) is 0 Å². The molecule has 3 rings (SSSR count). The molecule has 2 aromatic heterocycles. The van der Waals surface area contributed by atoms with Crippen LogP contribution in [0.3, 0.4) is 0 Å². The highest BCUT2D eigenvalue weighted by Gasteiger charge is 2.32. The molecule has 2 heterocycles. The molecule has 0 amide bonds. The number of aryl methyl sites for hydroxylation is 1. The van der Waals surface area contributed by atoms with Crippen LogP contribution in [0.4, 0.5) is 17.6 Å². The lowest BCUT2D eigenvalue weighted by Crippen LogP contribution is -2.16. The molecule has 4 nitrogen and oxygen atoms in total. The number of benzene rings is 1. The van der Waals surface area contributed by atoms with Gasteiger partial charge >= 0.3 is 6.36 Å². The van der Waals surface area contributed by atoms with Crippen molar-refractivity contribution >= 4 is 28.1 Å². The number of hydrogen-bond acceptors (Lipinski definition) is 4. The lowest BCUT2D eigenvalue weighted by atomic mass is 10.2. The van der Waals surface area contributed by atoms with E-state index in [-0.39, 0.29) is 15.8 Å². The van der Waals surface area contributed by atoms with E-state index in [0.29, 0.717) is 17.0 Å². The SMILES string of the molecule is Cc1cc2c(F)c(O)ccc2n1C(=O)c1ccc(OC(F)(F)F)s1. The first kappa shape index (κ1) is 16.3. The summed E-state index contributed by atoms with van der Waals surface area (Å²) in [5.41, 5.74) is 0.589. The summed E-state index contributed by atoms with van der Waals surface area (Å²) in [5, 5.41) is 8.97. The number of rotatable bonds is 2. The van der Waals surface area contributed by atoms with Gasteiger partial charge in [-0.2, -0.15) is 0 Å². The predicted molar refractivity (Wildman–Crippen MR) is 79.0 cm³/mol. The number of phenolic OH excluding ortho intramolecular Hbond substituents is 1. The molecule has 1 N–H and O–H groups in total. The number of aromatic hydroxyl groups is 1. The average Bonchev–Trinajstić information content (AvgIpc) is 3.05. The number of carbonyl (C=O) groups excluding carboxylic acids is 1. The summed E-state index contributed by atoms with van der Waals surface area (Å²) in [4.78, 5) is 12.6. The molecule has 126 valence electrons. The molecule has 0 saturated carbocycles. The van der Waals surface area contributed by atoms with Gasteiger partial charge in [0, 0.05) is 11.1 Å². The van der Waals surface area contributed by atoms with Gasteiger partial charge in [0.05, 0.1) is 10.4 Å². The average molecular weight is 359 g/mol. The van der Waals surface area contributed by atoms with E-state index in [9.17, 15) is 27.5 Å². The summed E-state index contributed by atoms with van der Waals surface area (Å²) in [7, 11) is 0. The van der Waals surface area contributed by atoms with Crippen LogP contribution in [-0.2, 0) is 0 Å². The minimum atomic E-state index is -4.85. The first-order valence-corrected chi connectivity index (χ1v) is 7.39. The predicted octanol–water partition coefficient (Wildman–Crippen LogP) is 4.44. The quantitative estimate of drug-likeness (QED) is 0.688. The van der Waals surface area contributed by atoms with Gasteiger partial charge in [0.1, 0.15) is 0 Å². The standard InChI is InChI=1S/C15H9F4NO3S/c1-7-6-8-9(2-3-10(21)13(8)16)20(7)14(22)11-4-5-12(24-11)23-15(17,18)19/h2-6,21H,1H3. The summed E-state index contributed by atoms with van der Waals surface area (Å²) in [6.45, 7) is 1.55. The zero-order valence-electron chi connectivity index (χ0n) is 12.0. The van der Waals surface area contributed by atoms with E-state index in [1.807, 2.05) is 0 Å². The van der Waals surface area contributed by atoms with E-state index in [1.54, 1.807) is 6.92 Å². The lowest BCUT2D eigenvalue weighted by molar-refractivity contribution is -0.273. The normalized spacial score (nSPS) is 11.9. The number of phenols is 1. The Morgan fingerprint density at radius 2 is 1.96 bits per heavy atom. The molecule has 24 heavy (non-hydrogen) atoms. The van der Waals surface area contributed by atoms with Crippen molar-refractivity contribution in [2.45, 2.75) is 13.3 Å².